The molecule has 7 heteroatoms. The number of rotatable bonds is 4. The number of ether oxygens (including phenoxy) is 3. The topological polar surface area (TPSA) is 87.9 Å². The van der Waals surface area contributed by atoms with E-state index in [1.165, 1.54) is 0 Å². The largest absolute Gasteiger partial charge is 0.496 e. The van der Waals surface area contributed by atoms with Gasteiger partial charge in [-0.05, 0) is 0 Å². The van der Waals surface area contributed by atoms with E-state index in [1.54, 1.807) is 0 Å². The van der Waals surface area contributed by atoms with E-state index in [9.17, 15) is 8.42 Å². The molecule has 0 fully saturated rings. The van der Waals surface area contributed by atoms with E-state index in [0.29, 0.717) is 12.1 Å². The molecule has 0 saturated carbocycles. The Bertz CT molecular complexity index is 700. The van der Waals surface area contributed by atoms with Gasteiger partial charge in [-0.15, -0.1) is 0 Å². The number of primary sulfonamides is 1. The van der Waals surface area contributed by atoms with E-state index in [4.69, 9.17) is 17.5 Å². The molecule has 0 spiro atoms. The summed E-state index contributed by atoms with van der Waals surface area (Å²) in [7, 11) is -14.0. The molecule has 0 radical (unpaired) electrons. The van der Waals surface area contributed by atoms with E-state index in [-0.39, 0.29) is 0 Å². The summed E-state index contributed by atoms with van der Waals surface area (Å²) in [5.74, 6) is -2.53. The Hall–Kier alpha value is -1.47. The van der Waals surface area contributed by atoms with Gasteiger partial charge in [0.15, 0.2) is 4.90 Å². The molecule has 0 bridgehead atoms. The first-order valence-electron chi connectivity index (χ1n) is 8.15. The Morgan fingerprint density at radius 3 is 2.00 bits per heavy atom. The van der Waals surface area contributed by atoms with Crippen LogP contribution in [0.3, 0.4) is 0 Å². The van der Waals surface area contributed by atoms with Gasteiger partial charge in [0.25, 0.3) is 0 Å². The summed E-state index contributed by atoms with van der Waals surface area (Å²) in [6.45, 7) is 0. The van der Waals surface area contributed by atoms with E-state index < -0.39 is 53.3 Å². The molecule has 2 N–H and O–H groups in total. The summed E-state index contributed by atoms with van der Waals surface area (Å²) in [6.07, 6.45) is 0. The summed E-state index contributed by atoms with van der Waals surface area (Å²) >= 11 is 0. The summed E-state index contributed by atoms with van der Waals surface area (Å²) in [5, 5.41) is 4.97. The SMILES string of the molecule is [2H]C([2H])([2H])Oc1cc(OC([2H])([2H])[2H])c(S(N)(=O)=O)c(OC([2H])([2H])[2H])c1. The average molecular weight is 256 g/mol. The van der Waals surface area contributed by atoms with E-state index in [1.807, 2.05) is 0 Å². The second-order valence-electron chi connectivity index (χ2n) is 2.60. The number of sulfonamides is 1. The third-order valence-corrected chi connectivity index (χ3v) is 2.59. The molecule has 0 unspecified atom stereocenters. The van der Waals surface area contributed by atoms with Crippen molar-refractivity contribution < 1.29 is 35.0 Å². The number of hydrogen-bond donors (Lipinski definition) is 1. The molecule has 0 atom stereocenters. The second kappa shape index (κ2) is 4.58. The van der Waals surface area contributed by atoms with Gasteiger partial charge in [0.05, 0.1) is 33.5 Å². The minimum absolute atomic E-state index is 0.620. The molecule has 6 nitrogen and oxygen atoms in total. The highest BCUT2D eigenvalue weighted by Gasteiger charge is 2.22. The van der Waals surface area contributed by atoms with Crippen LogP contribution in [0, 0.1) is 0 Å². The first kappa shape index (κ1) is 4.80. The smallest absolute Gasteiger partial charge is 0.245 e. The van der Waals surface area contributed by atoms with Crippen LogP contribution in [0.5, 0.6) is 17.2 Å². The fourth-order valence-corrected chi connectivity index (χ4v) is 1.81. The lowest BCUT2D eigenvalue weighted by atomic mass is 10.3. The fourth-order valence-electron chi connectivity index (χ4n) is 1.04. The summed E-state index contributed by atoms with van der Waals surface area (Å²) in [4.78, 5) is -1.09. The maximum Gasteiger partial charge on any atom is 0.245 e. The predicted molar refractivity (Wildman–Crippen MR) is 57.5 cm³/mol. The maximum atomic E-state index is 11.7. The van der Waals surface area contributed by atoms with Crippen molar-refractivity contribution in [3.05, 3.63) is 12.1 Å². The minimum atomic E-state index is -4.72. The lowest BCUT2D eigenvalue weighted by molar-refractivity contribution is 0.359. The summed E-state index contributed by atoms with van der Waals surface area (Å²) in [6, 6.07) is 1.26. The van der Waals surface area contributed by atoms with E-state index in [2.05, 4.69) is 14.2 Å². The van der Waals surface area contributed by atoms with Crippen molar-refractivity contribution >= 4 is 10.0 Å². The van der Waals surface area contributed by atoms with Crippen molar-refractivity contribution in [3.8, 4) is 17.2 Å². The van der Waals surface area contributed by atoms with Crippen LogP contribution >= 0.6 is 0 Å². The predicted octanol–water partition coefficient (Wildman–Crippen LogP) is 0.360. The molecule has 0 aliphatic rings. The molecule has 0 aliphatic carbocycles. The Balaban J connectivity index is 3.69. The monoisotopic (exact) mass is 256 g/mol. The van der Waals surface area contributed by atoms with Crippen LogP contribution in [0.25, 0.3) is 0 Å². The van der Waals surface area contributed by atoms with Crippen molar-refractivity contribution in [1.29, 1.82) is 0 Å². The number of methoxy groups -OCH3 is 3. The van der Waals surface area contributed by atoms with Crippen LogP contribution in [-0.2, 0) is 10.0 Å². The van der Waals surface area contributed by atoms with Crippen LogP contribution in [0.1, 0.15) is 12.3 Å². The zero-order valence-corrected chi connectivity index (χ0v) is 8.50. The van der Waals surface area contributed by atoms with Crippen LogP contribution < -0.4 is 19.3 Å². The van der Waals surface area contributed by atoms with Gasteiger partial charge < -0.3 is 14.2 Å². The zero-order valence-electron chi connectivity index (χ0n) is 16.7. The highest BCUT2D eigenvalue weighted by Crippen LogP contribution is 2.36. The van der Waals surface area contributed by atoms with Crippen molar-refractivity contribution in [2.75, 3.05) is 21.1 Å². The van der Waals surface area contributed by atoms with Crippen molar-refractivity contribution in [2.24, 2.45) is 5.14 Å². The third kappa shape index (κ3) is 2.37. The molecule has 0 heterocycles. The van der Waals surface area contributed by atoms with Crippen molar-refractivity contribution in [3.63, 3.8) is 0 Å². The maximum absolute atomic E-state index is 11.7. The number of hydrogen-bond acceptors (Lipinski definition) is 5. The third-order valence-electron chi connectivity index (χ3n) is 1.62. The lowest BCUT2D eigenvalue weighted by Crippen LogP contribution is -2.15. The van der Waals surface area contributed by atoms with E-state index in [0.717, 1.165) is 0 Å². The molecule has 1 aromatic rings. The van der Waals surface area contributed by atoms with Crippen LogP contribution in [0.4, 0.5) is 0 Å². The normalized spacial score (nSPS) is 21.7. The first-order chi connectivity index (χ1) is 10.9. The Morgan fingerprint density at radius 1 is 1.12 bits per heavy atom. The van der Waals surface area contributed by atoms with Crippen LogP contribution in [0.15, 0.2) is 17.0 Å². The van der Waals surface area contributed by atoms with Gasteiger partial charge in [-0.25, -0.2) is 13.6 Å². The number of nitrogens with two attached hydrogens (primary N) is 1. The number of benzene rings is 1. The summed E-state index contributed by atoms with van der Waals surface area (Å²) < 4.78 is 100. The zero-order chi connectivity index (χ0) is 19.8. The van der Waals surface area contributed by atoms with Gasteiger partial charge >= 0.3 is 0 Å². The van der Waals surface area contributed by atoms with Gasteiger partial charge in [0.2, 0.25) is 10.0 Å². The quantitative estimate of drug-likeness (QED) is 0.840. The molecule has 0 saturated heterocycles. The molecule has 0 amide bonds. The van der Waals surface area contributed by atoms with Gasteiger partial charge in [0, 0.05) is 12.1 Å². The lowest BCUT2D eigenvalue weighted by Gasteiger charge is -2.12. The highest BCUT2D eigenvalue weighted by molar-refractivity contribution is 7.89. The fraction of sp³-hybridized carbons (Fsp3) is 0.333. The molecule has 0 aliphatic heterocycles. The van der Waals surface area contributed by atoms with Gasteiger partial charge in [-0.3, -0.25) is 0 Å². The van der Waals surface area contributed by atoms with Gasteiger partial charge in [-0.1, -0.05) is 0 Å². The van der Waals surface area contributed by atoms with Crippen LogP contribution in [0.2, 0.25) is 0 Å². The first-order valence-corrected chi connectivity index (χ1v) is 5.20. The van der Waals surface area contributed by atoms with Gasteiger partial charge in [0.1, 0.15) is 17.2 Å². The highest BCUT2D eigenvalue weighted by atomic mass is 32.2. The Labute approximate surface area is 107 Å². The van der Waals surface area contributed by atoms with Crippen LogP contribution in [-0.4, -0.2) is 29.5 Å². The second-order valence-corrected chi connectivity index (χ2v) is 4.10. The molecular weight excluding hydrogens is 234 g/mol. The summed E-state index contributed by atoms with van der Waals surface area (Å²) in [5.41, 5.74) is 0. The average Bonchev–Trinajstić information content (AvgIpc) is 2.17. The van der Waals surface area contributed by atoms with Gasteiger partial charge in [-0.2, -0.15) is 0 Å². The molecule has 1 rings (SSSR count). The molecule has 16 heavy (non-hydrogen) atoms. The minimum Gasteiger partial charge on any atom is -0.496 e. The molecule has 90 valence electrons. The Morgan fingerprint density at radius 2 is 1.62 bits per heavy atom. The molecular formula is C9H13NO5S. The molecule has 1 aromatic carbocycles. The standard InChI is InChI=1S/C9H13NO5S/c1-13-6-4-7(14-2)9(16(10,11)12)8(5-6)15-3/h4-5H,1-3H3,(H2,10,11,12)/i1D3,2D3,3D3. The Kier molecular flexibility index (Phi) is 1.38. The van der Waals surface area contributed by atoms with E-state index >= 15 is 0 Å². The van der Waals surface area contributed by atoms with Crippen molar-refractivity contribution in [1.82, 2.24) is 0 Å². The molecule has 0 aromatic heterocycles. The van der Waals surface area contributed by atoms with Crippen molar-refractivity contribution in [2.45, 2.75) is 4.90 Å².